The highest BCUT2D eigenvalue weighted by atomic mass is 16.5. The maximum Gasteiger partial charge on any atom is 0.327 e. The van der Waals surface area contributed by atoms with E-state index in [1.807, 2.05) is 6.07 Å². The molecule has 0 aromatic heterocycles. The van der Waals surface area contributed by atoms with Crippen molar-refractivity contribution in [1.82, 2.24) is 5.32 Å². The number of hydrogen-bond donors (Lipinski definition) is 2. The lowest BCUT2D eigenvalue weighted by Crippen LogP contribution is -2.42. The number of amides is 1. The molecular weight excluding hydrogens is 234 g/mol. The number of benzene rings is 1. The Labute approximate surface area is 105 Å². The lowest BCUT2D eigenvalue weighted by atomic mass is 10.2. The maximum absolute atomic E-state index is 11.4. The average Bonchev–Trinajstić information content (AvgIpc) is 2.37. The number of nitrogens with one attached hydrogen (secondary N) is 1. The van der Waals surface area contributed by atoms with Gasteiger partial charge in [-0.05, 0) is 12.1 Å². The van der Waals surface area contributed by atoms with Crippen LogP contribution in [0.15, 0.2) is 30.3 Å². The predicted octanol–water partition coefficient (Wildman–Crippen LogP) is 0.658. The van der Waals surface area contributed by atoms with Crippen molar-refractivity contribution in [3.8, 4) is 18.1 Å². The summed E-state index contributed by atoms with van der Waals surface area (Å²) in [4.78, 5) is 22.2. The number of carboxylic acid groups (broad SMARTS) is 1. The Bertz CT molecular complexity index is 450. The van der Waals surface area contributed by atoms with E-state index >= 15 is 0 Å². The van der Waals surface area contributed by atoms with Gasteiger partial charge in [-0.25, -0.2) is 4.79 Å². The van der Waals surface area contributed by atoms with Crippen LogP contribution in [0.3, 0.4) is 0 Å². The third-order valence-electron chi connectivity index (χ3n) is 2.07. The van der Waals surface area contributed by atoms with Crippen molar-refractivity contribution in [2.45, 2.75) is 12.5 Å². The van der Waals surface area contributed by atoms with E-state index in [4.69, 9.17) is 16.3 Å². The van der Waals surface area contributed by atoms with Gasteiger partial charge in [-0.3, -0.25) is 4.79 Å². The van der Waals surface area contributed by atoms with E-state index in [2.05, 4.69) is 11.2 Å². The van der Waals surface area contributed by atoms with Crippen LogP contribution in [0.5, 0.6) is 5.75 Å². The first-order chi connectivity index (χ1) is 8.63. The molecule has 0 aliphatic rings. The quantitative estimate of drug-likeness (QED) is 0.724. The van der Waals surface area contributed by atoms with Crippen molar-refractivity contribution in [3.05, 3.63) is 30.3 Å². The van der Waals surface area contributed by atoms with Crippen LogP contribution in [0, 0.1) is 12.3 Å². The standard InChI is InChI=1S/C13H13NO4/c1-2-6-11(13(16)17)14-12(15)9-18-10-7-4-3-5-8-10/h1,3-5,7-8,11H,6,9H2,(H,14,15)(H,16,17). The third kappa shape index (κ3) is 4.58. The summed E-state index contributed by atoms with van der Waals surface area (Å²) in [6, 6.07) is 7.67. The molecule has 1 rings (SSSR count). The minimum absolute atomic E-state index is 0.0631. The van der Waals surface area contributed by atoms with Crippen molar-refractivity contribution in [2.24, 2.45) is 0 Å². The van der Waals surface area contributed by atoms with Gasteiger partial charge in [0.2, 0.25) is 0 Å². The zero-order valence-corrected chi connectivity index (χ0v) is 9.63. The summed E-state index contributed by atoms with van der Waals surface area (Å²) < 4.78 is 5.17. The minimum Gasteiger partial charge on any atom is -0.484 e. The van der Waals surface area contributed by atoms with Crippen molar-refractivity contribution in [1.29, 1.82) is 0 Å². The molecule has 18 heavy (non-hydrogen) atoms. The number of ether oxygens (including phenoxy) is 1. The molecule has 5 heteroatoms. The first-order valence-electron chi connectivity index (χ1n) is 5.27. The van der Waals surface area contributed by atoms with E-state index in [0.29, 0.717) is 5.75 Å². The Kier molecular flexibility index (Phi) is 5.26. The Hall–Kier alpha value is -2.48. The second-order valence-electron chi connectivity index (χ2n) is 3.47. The molecule has 0 heterocycles. The zero-order valence-electron chi connectivity index (χ0n) is 9.63. The van der Waals surface area contributed by atoms with E-state index in [0.717, 1.165) is 0 Å². The largest absolute Gasteiger partial charge is 0.484 e. The zero-order chi connectivity index (χ0) is 13.4. The first-order valence-corrected chi connectivity index (χ1v) is 5.27. The van der Waals surface area contributed by atoms with Crippen LogP contribution < -0.4 is 10.1 Å². The summed E-state index contributed by atoms with van der Waals surface area (Å²) in [5.41, 5.74) is 0. The van der Waals surface area contributed by atoms with Crippen LogP contribution >= 0.6 is 0 Å². The van der Waals surface area contributed by atoms with Gasteiger partial charge < -0.3 is 15.2 Å². The number of rotatable bonds is 6. The smallest absolute Gasteiger partial charge is 0.327 e. The van der Waals surface area contributed by atoms with Crippen LogP contribution in [0.1, 0.15) is 6.42 Å². The summed E-state index contributed by atoms with van der Waals surface area (Å²) >= 11 is 0. The highest BCUT2D eigenvalue weighted by Crippen LogP contribution is 2.07. The molecule has 1 atom stereocenters. The van der Waals surface area contributed by atoms with Gasteiger partial charge in [0.25, 0.3) is 5.91 Å². The van der Waals surface area contributed by atoms with Gasteiger partial charge in [0.15, 0.2) is 6.61 Å². The van der Waals surface area contributed by atoms with E-state index < -0.39 is 17.9 Å². The molecule has 1 aromatic carbocycles. The monoisotopic (exact) mass is 247 g/mol. The molecule has 0 aliphatic carbocycles. The summed E-state index contributed by atoms with van der Waals surface area (Å²) in [5.74, 6) is 1.04. The molecule has 5 nitrogen and oxygen atoms in total. The Morgan fingerprint density at radius 3 is 2.61 bits per heavy atom. The summed E-state index contributed by atoms with van der Waals surface area (Å²) in [6.07, 6.45) is 4.95. The molecule has 94 valence electrons. The molecule has 0 spiro atoms. The second kappa shape index (κ2) is 6.97. The minimum atomic E-state index is -1.17. The highest BCUT2D eigenvalue weighted by molar-refractivity contribution is 5.84. The van der Waals surface area contributed by atoms with Gasteiger partial charge in [0.05, 0.1) is 0 Å². The SMILES string of the molecule is C#CCC(NC(=O)COc1ccccc1)C(=O)O. The van der Waals surface area contributed by atoms with Crippen molar-refractivity contribution in [2.75, 3.05) is 6.61 Å². The third-order valence-corrected chi connectivity index (χ3v) is 2.07. The molecule has 0 aliphatic heterocycles. The number of terminal acetylenes is 1. The van der Waals surface area contributed by atoms with E-state index in [9.17, 15) is 9.59 Å². The fraction of sp³-hybridized carbons (Fsp3) is 0.231. The number of aliphatic carboxylic acids is 1. The number of carboxylic acids is 1. The van der Waals surface area contributed by atoms with E-state index in [1.54, 1.807) is 24.3 Å². The van der Waals surface area contributed by atoms with Crippen LogP contribution in [-0.2, 0) is 9.59 Å². The van der Waals surface area contributed by atoms with Crippen molar-refractivity contribution >= 4 is 11.9 Å². The average molecular weight is 247 g/mol. The van der Waals surface area contributed by atoms with Crippen LogP contribution in [0.2, 0.25) is 0 Å². The van der Waals surface area contributed by atoms with Crippen molar-refractivity contribution < 1.29 is 19.4 Å². The molecule has 0 saturated carbocycles. The molecule has 1 aromatic rings. The Morgan fingerprint density at radius 1 is 1.39 bits per heavy atom. The maximum atomic E-state index is 11.4. The number of hydrogen-bond acceptors (Lipinski definition) is 3. The first kappa shape index (κ1) is 13.6. The number of carbonyl (C=O) groups is 2. The molecule has 0 saturated heterocycles. The normalized spacial score (nSPS) is 11.1. The summed E-state index contributed by atoms with van der Waals surface area (Å²) in [7, 11) is 0. The fourth-order valence-electron chi connectivity index (χ4n) is 1.22. The summed E-state index contributed by atoms with van der Waals surface area (Å²) in [5, 5.41) is 11.1. The van der Waals surface area contributed by atoms with Gasteiger partial charge in [-0.1, -0.05) is 18.2 Å². The number of carbonyl (C=O) groups excluding carboxylic acids is 1. The molecular formula is C13H13NO4. The molecule has 0 radical (unpaired) electrons. The van der Waals surface area contributed by atoms with Gasteiger partial charge in [-0.15, -0.1) is 12.3 Å². The number of para-hydroxylation sites is 1. The van der Waals surface area contributed by atoms with E-state index in [1.165, 1.54) is 0 Å². The highest BCUT2D eigenvalue weighted by Gasteiger charge is 2.18. The lowest BCUT2D eigenvalue weighted by Gasteiger charge is -2.12. The van der Waals surface area contributed by atoms with Crippen LogP contribution in [-0.4, -0.2) is 29.6 Å². The Morgan fingerprint density at radius 2 is 2.06 bits per heavy atom. The Balaban J connectivity index is 2.42. The summed E-state index contributed by atoms with van der Waals surface area (Å²) in [6.45, 7) is -0.252. The van der Waals surface area contributed by atoms with Gasteiger partial charge >= 0.3 is 5.97 Å². The van der Waals surface area contributed by atoms with Gasteiger partial charge in [0.1, 0.15) is 11.8 Å². The molecule has 2 N–H and O–H groups in total. The van der Waals surface area contributed by atoms with Crippen molar-refractivity contribution in [3.63, 3.8) is 0 Å². The predicted molar refractivity (Wildman–Crippen MR) is 65.0 cm³/mol. The molecule has 0 bridgehead atoms. The molecule has 1 amide bonds. The topological polar surface area (TPSA) is 75.6 Å². The van der Waals surface area contributed by atoms with Gasteiger partial charge in [0, 0.05) is 6.42 Å². The lowest BCUT2D eigenvalue weighted by molar-refractivity contribution is -0.141. The van der Waals surface area contributed by atoms with E-state index in [-0.39, 0.29) is 13.0 Å². The van der Waals surface area contributed by atoms with Gasteiger partial charge in [-0.2, -0.15) is 0 Å². The second-order valence-corrected chi connectivity index (χ2v) is 3.47. The fourth-order valence-corrected chi connectivity index (χ4v) is 1.22. The molecule has 0 fully saturated rings. The van der Waals surface area contributed by atoms with Crippen LogP contribution in [0.25, 0.3) is 0 Å². The molecule has 1 unspecified atom stereocenters. The van der Waals surface area contributed by atoms with Crippen LogP contribution in [0.4, 0.5) is 0 Å².